The molecule has 1 fully saturated rings. The van der Waals surface area contributed by atoms with Crippen LogP contribution in [0.1, 0.15) is 12.8 Å². The molecule has 0 saturated carbocycles. The molecule has 0 amide bonds. The van der Waals surface area contributed by atoms with E-state index in [1.807, 2.05) is 4.90 Å². The number of carbonyl (C=O) groups is 1. The smallest absolute Gasteiger partial charge is 0.311 e. The highest BCUT2D eigenvalue weighted by atomic mass is 79.9. The first-order valence-corrected chi connectivity index (χ1v) is 6.53. The van der Waals surface area contributed by atoms with Gasteiger partial charge in [0, 0.05) is 25.7 Å². The molecule has 1 unspecified atom stereocenters. The average Bonchev–Trinajstić information content (AvgIpc) is 2.75. The number of aromatic nitrogens is 1. The molecule has 0 spiro atoms. The van der Waals surface area contributed by atoms with Crippen LogP contribution in [0.5, 0.6) is 0 Å². The second-order valence-corrected chi connectivity index (χ2v) is 5.30. The molecule has 102 valence electrons. The van der Waals surface area contributed by atoms with Gasteiger partial charge in [0.05, 0.1) is 9.40 Å². The van der Waals surface area contributed by atoms with Crippen molar-refractivity contribution in [3.05, 3.63) is 27.0 Å². The van der Waals surface area contributed by atoms with E-state index in [2.05, 4.69) is 20.9 Å². The molecule has 0 aliphatic carbocycles. The van der Waals surface area contributed by atoms with Crippen molar-refractivity contribution >= 4 is 33.3 Å². The highest BCUT2D eigenvalue weighted by Gasteiger charge is 2.30. The number of rotatable bonds is 4. The molecule has 1 aliphatic rings. The molecular formula is C11H12BrN3O4. The Labute approximate surface area is 117 Å². The number of pyridine rings is 1. The molecule has 1 aliphatic heterocycles. The predicted molar refractivity (Wildman–Crippen MR) is 71.2 cm³/mol. The second kappa shape index (κ2) is 5.52. The lowest BCUT2D eigenvalue weighted by Gasteiger charge is -2.19. The van der Waals surface area contributed by atoms with Crippen molar-refractivity contribution in [3.8, 4) is 0 Å². The van der Waals surface area contributed by atoms with Crippen LogP contribution in [0, 0.1) is 16.0 Å². The maximum atomic E-state index is 11.0. The molecule has 1 saturated heterocycles. The molecule has 1 aromatic rings. The first kappa shape index (κ1) is 13.7. The van der Waals surface area contributed by atoms with Crippen molar-refractivity contribution in [2.45, 2.75) is 12.8 Å². The number of aliphatic carboxylic acids is 1. The zero-order valence-corrected chi connectivity index (χ0v) is 11.5. The minimum atomic E-state index is -0.838. The summed E-state index contributed by atoms with van der Waals surface area (Å²) in [5, 5.41) is 19.8. The highest BCUT2D eigenvalue weighted by molar-refractivity contribution is 9.10. The summed E-state index contributed by atoms with van der Waals surface area (Å²) < 4.78 is 0.553. The SMILES string of the molecule is O=C(O)CC1CCN(c2c(Br)cncc2[N+](=O)[O-])C1. The molecule has 2 heterocycles. The Balaban J connectivity index is 2.24. The molecule has 8 heteroatoms. The minimum absolute atomic E-state index is 0.0252. The minimum Gasteiger partial charge on any atom is -0.481 e. The number of carboxylic acid groups (broad SMARTS) is 1. The van der Waals surface area contributed by atoms with Crippen LogP contribution in [0.4, 0.5) is 11.4 Å². The maximum Gasteiger partial charge on any atom is 0.311 e. The topological polar surface area (TPSA) is 96.6 Å². The van der Waals surface area contributed by atoms with E-state index in [4.69, 9.17) is 5.11 Å². The number of halogens is 1. The van der Waals surface area contributed by atoms with Crippen molar-refractivity contribution in [3.63, 3.8) is 0 Å². The monoisotopic (exact) mass is 329 g/mol. The number of hydrogen-bond acceptors (Lipinski definition) is 5. The van der Waals surface area contributed by atoms with Gasteiger partial charge in [-0.05, 0) is 28.3 Å². The van der Waals surface area contributed by atoms with Crippen molar-refractivity contribution < 1.29 is 14.8 Å². The Morgan fingerprint density at radius 1 is 1.63 bits per heavy atom. The zero-order valence-electron chi connectivity index (χ0n) is 9.95. The Hall–Kier alpha value is -1.70. The van der Waals surface area contributed by atoms with Crippen molar-refractivity contribution in [1.82, 2.24) is 4.98 Å². The first-order valence-electron chi connectivity index (χ1n) is 5.73. The van der Waals surface area contributed by atoms with E-state index in [1.165, 1.54) is 12.4 Å². The lowest BCUT2D eigenvalue weighted by atomic mass is 10.1. The second-order valence-electron chi connectivity index (χ2n) is 4.44. The third kappa shape index (κ3) is 3.01. The molecule has 1 aromatic heterocycles. The van der Waals surface area contributed by atoms with Gasteiger partial charge in [0.1, 0.15) is 11.9 Å². The molecule has 0 aromatic carbocycles. The molecule has 0 radical (unpaired) electrons. The largest absolute Gasteiger partial charge is 0.481 e. The number of carboxylic acids is 1. The van der Waals surface area contributed by atoms with Gasteiger partial charge in [-0.2, -0.15) is 0 Å². The highest BCUT2D eigenvalue weighted by Crippen LogP contribution is 2.37. The van der Waals surface area contributed by atoms with Crippen LogP contribution in [0.3, 0.4) is 0 Å². The number of hydrogen-bond donors (Lipinski definition) is 1. The predicted octanol–water partition coefficient (Wildman–Crippen LogP) is 2.05. The van der Waals surface area contributed by atoms with Crippen LogP contribution in [0.15, 0.2) is 16.9 Å². The first-order chi connectivity index (χ1) is 8.99. The quantitative estimate of drug-likeness (QED) is 0.670. The van der Waals surface area contributed by atoms with Gasteiger partial charge in [-0.25, -0.2) is 0 Å². The number of nitro groups is 1. The molecule has 2 rings (SSSR count). The van der Waals surface area contributed by atoms with Crippen molar-refractivity contribution in [1.29, 1.82) is 0 Å². The molecule has 0 bridgehead atoms. The van der Waals surface area contributed by atoms with Crippen molar-refractivity contribution in [2.24, 2.45) is 5.92 Å². The van der Waals surface area contributed by atoms with E-state index in [1.54, 1.807) is 0 Å². The summed E-state index contributed by atoms with van der Waals surface area (Å²) in [4.78, 5) is 26.9. The van der Waals surface area contributed by atoms with Crippen LogP contribution < -0.4 is 4.90 Å². The molecule has 1 atom stereocenters. The fourth-order valence-corrected chi connectivity index (χ4v) is 2.89. The lowest BCUT2D eigenvalue weighted by Crippen LogP contribution is -2.22. The summed E-state index contributed by atoms with van der Waals surface area (Å²) in [6.07, 6.45) is 3.53. The zero-order chi connectivity index (χ0) is 14.0. The summed E-state index contributed by atoms with van der Waals surface area (Å²) in [5.74, 6) is -0.813. The lowest BCUT2D eigenvalue weighted by molar-refractivity contribution is -0.384. The Morgan fingerprint density at radius 2 is 2.37 bits per heavy atom. The Bertz CT molecular complexity index is 523. The van der Waals surface area contributed by atoms with Gasteiger partial charge in [-0.3, -0.25) is 19.9 Å². The van der Waals surface area contributed by atoms with Crippen LogP contribution in [-0.2, 0) is 4.79 Å². The van der Waals surface area contributed by atoms with Crippen LogP contribution in [0.2, 0.25) is 0 Å². The van der Waals surface area contributed by atoms with Crippen LogP contribution >= 0.6 is 15.9 Å². The van der Waals surface area contributed by atoms with Gasteiger partial charge in [0.15, 0.2) is 0 Å². The average molecular weight is 330 g/mol. The van der Waals surface area contributed by atoms with Gasteiger partial charge in [0.25, 0.3) is 0 Å². The van der Waals surface area contributed by atoms with Gasteiger partial charge in [0.2, 0.25) is 0 Å². The molecular weight excluding hydrogens is 318 g/mol. The molecule has 1 N–H and O–H groups in total. The summed E-state index contributed by atoms with van der Waals surface area (Å²) in [6, 6.07) is 0. The maximum absolute atomic E-state index is 11.0. The van der Waals surface area contributed by atoms with Gasteiger partial charge in [-0.15, -0.1) is 0 Å². The van der Waals surface area contributed by atoms with E-state index in [-0.39, 0.29) is 18.0 Å². The Morgan fingerprint density at radius 3 is 3.00 bits per heavy atom. The Kier molecular flexibility index (Phi) is 3.98. The molecule has 19 heavy (non-hydrogen) atoms. The van der Waals surface area contributed by atoms with Crippen LogP contribution in [-0.4, -0.2) is 34.1 Å². The van der Waals surface area contributed by atoms with E-state index in [9.17, 15) is 14.9 Å². The van der Waals surface area contributed by atoms with Gasteiger partial charge in [-0.1, -0.05) is 0 Å². The summed E-state index contributed by atoms with van der Waals surface area (Å²) in [5.41, 5.74) is 0.415. The fraction of sp³-hybridized carbons (Fsp3) is 0.455. The summed E-state index contributed by atoms with van der Waals surface area (Å²) in [7, 11) is 0. The van der Waals surface area contributed by atoms with E-state index in [0.717, 1.165) is 6.42 Å². The summed E-state index contributed by atoms with van der Waals surface area (Å²) >= 11 is 3.27. The van der Waals surface area contributed by atoms with Gasteiger partial charge < -0.3 is 10.0 Å². The summed E-state index contributed by atoms with van der Waals surface area (Å²) in [6.45, 7) is 1.12. The third-order valence-electron chi connectivity index (χ3n) is 3.12. The van der Waals surface area contributed by atoms with E-state index in [0.29, 0.717) is 23.2 Å². The van der Waals surface area contributed by atoms with E-state index < -0.39 is 10.9 Å². The standard InChI is InChI=1S/C11H12BrN3O4/c12-8-4-13-5-9(15(18)19)11(8)14-2-1-7(6-14)3-10(16)17/h4-5,7H,1-3,6H2,(H,16,17). The van der Waals surface area contributed by atoms with Crippen LogP contribution in [0.25, 0.3) is 0 Å². The molecule has 7 nitrogen and oxygen atoms in total. The third-order valence-corrected chi connectivity index (χ3v) is 3.70. The normalized spacial score (nSPS) is 18.6. The van der Waals surface area contributed by atoms with Gasteiger partial charge >= 0.3 is 11.7 Å². The fourth-order valence-electron chi connectivity index (χ4n) is 2.31. The van der Waals surface area contributed by atoms with Crippen molar-refractivity contribution in [2.75, 3.05) is 18.0 Å². The number of anilines is 1. The van der Waals surface area contributed by atoms with E-state index >= 15 is 0 Å². The number of nitrogens with zero attached hydrogens (tertiary/aromatic N) is 3.